The Balaban J connectivity index is 3.05. The van der Waals surface area contributed by atoms with Crippen LogP contribution >= 0.6 is 23.5 Å². The minimum atomic E-state index is -1.16. The molecule has 3 amide bonds. The maximum absolute atomic E-state index is 13.3. The number of benzene rings is 1. The van der Waals surface area contributed by atoms with E-state index in [0.717, 1.165) is 5.56 Å². The van der Waals surface area contributed by atoms with E-state index in [0.29, 0.717) is 11.5 Å². The molecule has 0 radical (unpaired) electrons. The van der Waals surface area contributed by atoms with Gasteiger partial charge in [-0.2, -0.15) is 23.5 Å². The van der Waals surface area contributed by atoms with Crippen molar-refractivity contribution in [3.8, 4) is 0 Å². The van der Waals surface area contributed by atoms with Crippen molar-refractivity contribution in [3.05, 3.63) is 35.9 Å². The Kier molecular flexibility index (Phi) is 15.4. The fraction of sp³-hybridized carbons (Fsp3) is 0.542. The summed E-state index contributed by atoms with van der Waals surface area (Å²) >= 11 is 2.92. The molecule has 0 spiro atoms. The first-order valence-electron chi connectivity index (χ1n) is 11.7. The van der Waals surface area contributed by atoms with E-state index in [1.807, 2.05) is 12.5 Å². The number of amides is 3. The standard InChI is InChI=1S/C24H36N4O7S2/c1-36-12-10-17(22(32)27-18(24(34)35)11-13-37-2)26-23(33)19(14-15-6-4-3-5-7-15)28-21(31)16(25)8-9-20(29)30/h3-7,16-19H,8-14,25H2,1-2H3,(H,26,33)(H,27,32)(H,28,31)(H,29,30)(H,34,35). The number of thioether (sulfide) groups is 2. The van der Waals surface area contributed by atoms with Crippen LogP contribution in [0.15, 0.2) is 30.3 Å². The van der Waals surface area contributed by atoms with Gasteiger partial charge in [-0.05, 0) is 48.8 Å². The van der Waals surface area contributed by atoms with Crippen molar-refractivity contribution in [2.75, 3.05) is 24.0 Å². The second-order valence-electron chi connectivity index (χ2n) is 8.31. The Bertz CT molecular complexity index is 904. The summed E-state index contributed by atoms with van der Waals surface area (Å²) in [4.78, 5) is 61.2. The number of carbonyl (C=O) groups excluding carboxylic acids is 3. The number of rotatable bonds is 18. The Morgan fingerprint density at radius 2 is 1.30 bits per heavy atom. The van der Waals surface area contributed by atoms with Crippen LogP contribution in [0.3, 0.4) is 0 Å². The molecule has 1 aromatic carbocycles. The van der Waals surface area contributed by atoms with Gasteiger partial charge in [0.2, 0.25) is 17.7 Å². The second kappa shape index (κ2) is 17.6. The third-order valence-corrected chi connectivity index (χ3v) is 6.68. The van der Waals surface area contributed by atoms with Crippen LogP contribution in [0.5, 0.6) is 0 Å². The quantitative estimate of drug-likeness (QED) is 0.148. The number of nitrogens with one attached hydrogen (secondary N) is 3. The fourth-order valence-corrected chi connectivity index (χ4v) is 4.23. The van der Waals surface area contributed by atoms with Crippen LogP contribution in [0.4, 0.5) is 0 Å². The molecule has 0 saturated carbocycles. The Labute approximate surface area is 225 Å². The van der Waals surface area contributed by atoms with Gasteiger partial charge in [-0.1, -0.05) is 30.3 Å². The summed E-state index contributed by atoms with van der Waals surface area (Å²) in [5.74, 6) is -3.16. The van der Waals surface area contributed by atoms with Gasteiger partial charge in [0.05, 0.1) is 6.04 Å². The molecule has 1 rings (SSSR count). The molecule has 13 heteroatoms. The molecule has 0 fully saturated rings. The lowest BCUT2D eigenvalue weighted by Gasteiger charge is -2.25. The lowest BCUT2D eigenvalue weighted by molar-refractivity contribution is -0.142. The maximum atomic E-state index is 13.3. The summed E-state index contributed by atoms with van der Waals surface area (Å²) in [5, 5.41) is 26.0. The molecule has 0 saturated heterocycles. The molecule has 0 bridgehead atoms. The number of nitrogens with two attached hydrogens (primary N) is 1. The van der Waals surface area contributed by atoms with Crippen LogP contribution < -0.4 is 21.7 Å². The molecule has 7 N–H and O–H groups in total. The minimum absolute atomic E-state index is 0.104. The SMILES string of the molecule is CSCCC(NC(=O)C(CCSC)NC(=O)C(Cc1ccccc1)NC(=O)C(N)CCC(=O)O)C(=O)O. The predicted molar refractivity (Wildman–Crippen MR) is 144 cm³/mol. The molecular formula is C24H36N4O7S2. The Hall–Kier alpha value is -2.77. The van der Waals surface area contributed by atoms with Crippen LogP contribution in [0.1, 0.15) is 31.2 Å². The zero-order valence-corrected chi connectivity index (χ0v) is 22.6. The lowest BCUT2D eigenvalue weighted by Crippen LogP contribution is -2.57. The highest BCUT2D eigenvalue weighted by atomic mass is 32.2. The van der Waals surface area contributed by atoms with E-state index in [9.17, 15) is 29.1 Å². The normalized spacial score (nSPS) is 14.0. The van der Waals surface area contributed by atoms with Crippen LogP contribution in [-0.2, 0) is 30.4 Å². The van der Waals surface area contributed by atoms with Gasteiger partial charge >= 0.3 is 11.9 Å². The monoisotopic (exact) mass is 556 g/mol. The van der Waals surface area contributed by atoms with E-state index in [1.165, 1.54) is 23.5 Å². The number of carbonyl (C=O) groups is 5. The molecule has 4 unspecified atom stereocenters. The van der Waals surface area contributed by atoms with E-state index in [4.69, 9.17) is 10.8 Å². The maximum Gasteiger partial charge on any atom is 0.326 e. The second-order valence-corrected chi connectivity index (χ2v) is 10.3. The zero-order chi connectivity index (χ0) is 27.8. The molecule has 0 heterocycles. The molecule has 1 aromatic rings. The molecule has 0 aromatic heterocycles. The van der Waals surface area contributed by atoms with E-state index >= 15 is 0 Å². The van der Waals surface area contributed by atoms with Gasteiger partial charge in [0.1, 0.15) is 18.1 Å². The van der Waals surface area contributed by atoms with Gasteiger partial charge in [0, 0.05) is 12.8 Å². The fourth-order valence-electron chi connectivity index (χ4n) is 3.29. The number of aliphatic carboxylic acids is 2. The smallest absolute Gasteiger partial charge is 0.326 e. The van der Waals surface area contributed by atoms with Crippen LogP contribution in [0.2, 0.25) is 0 Å². The molecule has 206 valence electrons. The van der Waals surface area contributed by atoms with Gasteiger partial charge in [-0.3, -0.25) is 19.2 Å². The largest absolute Gasteiger partial charge is 0.481 e. The zero-order valence-electron chi connectivity index (χ0n) is 21.0. The van der Waals surface area contributed by atoms with Crippen molar-refractivity contribution in [2.45, 2.75) is 56.3 Å². The summed E-state index contributed by atoms with van der Waals surface area (Å²) < 4.78 is 0. The van der Waals surface area contributed by atoms with Crippen molar-refractivity contribution in [1.29, 1.82) is 0 Å². The molecule has 11 nitrogen and oxygen atoms in total. The molecule has 0 aliphatic carbocycles. The van der Waals surface area contributed by atoms with E-state index in [1.54, 1.807) is 30.3 Å². The first-order valence-corrected chi connectivity index (χ1v) is 14.5. The lowest BCUT2D eigenvalue weighted by atomic mass is 10.0. The molecule has 4 atom stereocenters. The molecule has 37 heavy (non-hydrogen) atoms. The highest BCUT2D eigenvalue weighted by molar-refractivity contribution is 7.98. The average Bonchev–Trinajstić information content (AvgIpc) is 2.87. The highest BCUT2D eigenvalue weighted by Gasteiger charge is 2.30. The first-order chi connectivity index (χ1) is 17.6. The van der Waals surface area contributed by atoms with Crippen molar-refractivity contribution in [1.82, 2.24) is 16.0 Å². The van der Waals surface area contributed by atoms with Crippen molar-refractivity contribution in [3.63, 3.8) is 0 Å². The number of carboxylic acids is 2. The first kappa shape index (κ1) is 32.3. The van der Waals surface area contributed by atoms with Gasteiger partial charge < -0.3 is 31.9 Å². The summed E-state index contributed by atoms with van der Waals surface area (Å²) in [6.45, 7) is 0. The van der Waals surface area contributed by atoms with E-state index < -0.39 is 53.8 Å². The van der Waals surface area contributed by atoms with Crippen molar-refractivity contribution < 1.29 is 34.2 Å². The predicted octanol–water partition coefficient (Wildman–Crippen LogP) is 0.466. The molecule has 0 aliphatic rings. The van der Waals surface area contributed by atoms with Gasteiger partial charge in [-0.25, -0.2) is 4.79 Å². The summed E-state index contributed by atoms with van der Waals surface area (Å²) in [5.41, 5.74) is 6.56. The van der Waals surface area contributed by atoms with Crippen LogP contribution in [-0.4, -0.2) is 88.1 Å². The number of hydrogen-bond acceptors (Lipinski definition) is 8. The summed E-state index contributed by atoms with van der Waals surface area (Å²) in [6.07, 6.45) is 3.84. The summed E-state index contributed by atoms with van der Waals surface area (Å²) in [7, 11) is 0. The van der Waals surface area contributed by atoms with E-state index in [-0.39, 0.29) is 32.1 Å². The van der Waals surface area contributed by atoms with Gasteiger partial charge in [-0.15, -0.1) is 0 Å². The third-order valence-electron chi connectivity index (χ3n) is 5.39. The number of carboxylic acid groups (broad SMARTS) is 2. The van der Waals surface area contributed by atoms with Gasteiger partial charge in [0.15, 0.2) is 0 Å². The van der Waals surface area contributed by atoms with Crippen molar-refractivity contribution in [2.24, 2.45) is 5.73 Å². The molecular weight excluding hydrogens is 520 g/mol. The van der Waals surface area contributed by atoms with Crippen LogP contribution in [0.25, 0.3) is 0 Å². The number of hydrogen-bond donors (Lipinski definition) is 6. The Morgan fingerprint density at radius 1 is 0.784 bits per heavy atom. The minimum Gasteiger partial charge on any atom is -0.481 e. The topological polar surface area (TPSA) is 188 Å². The Morgan fingerprint density at radius 3 is 1.84 bits per heavy atom. The highest BCUT2D eigenvalue weighted by Crippen LogP contribution is 2.08. The third kappa shape index (κ3) is 12.8. The van der Waals surface area contributed by atoms with E-state index in [2.05, 4.69) is 16.0 Å². The summed E-state index contributed by atoms with van der Waals surface area (Å²) in [6, 6.07) is 4.56. The van der Waals surface area contributed by atoms with Gasteiger partial charge in [0.25, 0.3) is 0 Å². The van der Waals surface area contributed by atoms with Crippen molar-refractivity contribution >= 4 is 53.2 Å². The van der Waals surface area contributed by atoms with Crippen LogP contribution in [0, 0.1) is 0 Å². The molecule has 0 aliphatic heterocycles. The average molecular weight is 557 g/mol.